The summed E-state index contributed by atoms with van der Waals surface area (Å²) in [7, 11) is 0. The molecule has 0 unspecified atom stereocenters. The molecular formula is C15H19N7O. The van der Waals surface area contributed by atoms with E-state index in [0.29, 0.717) is 31.1 Å². The van der Waals surface area contributed by atoms with E-state index in [4.69, 9.17) is 10.5 Å². The minimum atomic E-state index is 0.548. The molecule has 3 aromatic rings. The van der Waals surface area contributed by atoms with Crippen molar-refractivity contribution >= 4 is 17.0 Å². The number of pyridine rings is 2. The Hall–Kier alpha value is -2.74. The van der Waals surface area contributed by atoms with Crippen molar-refractivity contribution in [2.24, 2.45) is 0 Å². The van der Waals surface area contributed by atoms with Gasteiger partial charge in [-0.25, -0.2) is 0 Å². The van der Waals surface area contributed by atoms with Crippen molar-refractivity contribution in [3.05, 3.63) is 41.3 Å². The highest BCUT2D eigenvalue weighted by Crippen LogP contribution is 2.28. The third kappa shape index (κ3) is 3.07. The standard InChI is InChI=1S/C15H19N7O/c1-10-11(2)22-15(19-20-21-22)13(16)14(10)18-7-8-23-9-12-3-5-17-6-4-12/h3-6,18H,7-9,16H2,1-2H3. The van der Waals surface area contributed by atoms with Crippen molar-refractivity contribution in [3.8, 4) is 0 Å². The fourth-order valence-electron chi connectivity index (χ4n) is 2.38. The maximum Gasteiger partial charge on any atom is 0.204 e. The minimum absolute atomic E-state index is 0.548. The van der Waals surface area contributed by atoms with Crippen molar-refractivity contribution < 1.29 is 4.74 Å². The van der Waals surface area contributed by atoms with Gasteiger partial charge in [-0.3, -0.25) is 4.98 Å². The molecule has 0 saturated heterocycles. The molecule has 0 atom stereocenters. The van der Waals surface area contributed by atoms with Crippen LogP contribution in [0.15, 0.2) is 24.5 Å². The molecule has 3 rings (SSSR count). The molecule has 0 aliphatic carbocycles. The van der Waals surface area contributed by atoms with Crippen molar-refractivity contribution in [3.63, 3.8) is 0 Å². The quantitative estimate of drug-likeness (QED) is 0.662. The molecule has 3 heterocycles. The molecule has 0 aliphatic heterocycles. The second kappa shape index (κ2) is 6.57. The van der Waals surface area contributed by atoms with Crippen LogP contribution < -0.4 is 11.1 Å². The van der Waals surface area contributed by atoms with Gasteiger partial charge in [-0.15, -0.1) is 5.10 Å². The van der Waals surface area contributed by atoms with Gasteiger partial charge in [-0.05, 0) is 47.5 Å². The lowest BCUT2D eigenvalue weighted by Gasteiger charge is -2.15. The van der Waals surface area contributed by atoms with E-state index in [1.165, 1.54) is 0 Å². The maximum atomic E-state index is 6.17. The highest BCUT2D eigenvalue weighted by molar-refractivity contribution is 5.82. The molecule has 0 amide bonds. The number of aryl methyl sites for hydroxylation is 1. The average molecular weight is 313 g/mol. The Labute approximate surface area is 133 Å². The van der Waals surface area contributed by atoms with Gasteiger partial charge >= 0.3 is 0 Å². The first kappa shape index (κ1) is 15.2. The molecule has 120 valence electrons. The molecule has 3 aromatic heterocycles. The van der Waals surface area contributed by atoms with Crippen molar-refractivity contribution in [2.45, 2.75) is 20.5 Å². The molecule has 0 spiro atoms. The van der Waals surface area contributed by atoms with Crippen LogP contribution in [0.5, 0.6) is 0 Å². The lowest BCUT2D eigenvalue weighted by molar-refractivity contribution is 0.130. The van der Waals surface area contributed by atoms with Crippen LogP contribution in [0.3, 0.4) is 0 Å². The Morgan fingerprint density at radius 2 is 2.04 bits per heavy atom. The molecule has 0 aliphatic rings. The number of nitrogens with one attached hydrogen (secondary N) is 1. The summed E-state index contributed by atoms with van der Waals surface area (Å²) in [6.07, 6.45) is 3.51. The minimum Gasteiger partial charge on any atom is -0.394 e. The predicted molar refractivity (Wildman–Crippen MR) is 87.1 cm³/mol. The lowest BCUT2D eigenvalue weighted by Crippen LogP contribution is -2.14. The first-order chi connectivity index (χ1) is 11.2. The van der Waals surface area contributed by atoms with E-state index in [2.05, 4.69) is 25.8 Å². The van der Waals surface area contributed by atoms with E-state index in [-0.39, 0.29) is 0 Å². The normalized spacial score (nSPS) is 11.0. The Kier molecular flexibility index (Phi) is 4.33. The second-order valence-corrected chi connectivity index (χ2v) is 5.25. The molecule has 0 fully saturated rings. The summed E-state index contributed by atoms with van der Waals surface area (Å²) < 4.78 is 7.30. The van der Waals surface area contributed by atoms with Gasteiger partial charge in [0, 0.05) is 24.6 Å². The number of nitrogens with zero attached hydrogens (tertiary/aromatic N) is 5. The summed E-state index contributed by atoms with van der Waals surface area (Å²) in [6.45, 7) is 5.73. The van der Waals surface area contributed by atoms with Crippen LogP contribution in [0.1, 0.15) is 16.8 Å². The summed E-state index contributed by atoms with van der Waals surface area (Å²) in [6, 6.07) is 3.87. The summed E-state index contributed by atoms with van der Waals surface area (Å²) >= 11 is 0. The summed E-state index contributed by atoms with van der Waals surface area (Å²) in [5, 5.41) is 14.9. The van der Waals surface area contributed by atoms with Gasteiger partial charge in [-0.2, -0.15) is 4.52 Å². The van der Waals surface area contributed by atoms with Gasteiger partial charge in [0.25, 0.3) is 0 Å². The number of ether oxygens (including phenoxy) is 1. The zero-order valence-electron chi connectivity index (χ0n) is 13.2. The first-order valence-electron chi connectivity index (χ1n) is 7.35. The van der Waals surface area contributed by atoms with Crippen LogP contribution in [-0.4, -0.2) is 38.2 Å². The Morgan fingerprint density at radius 1 is 1.26 bits per heavy atom. The van der Waals surface area contributed by atoms with E-state index in [1.807, 2.05) is 26.0 Å². The highest BCUT2D eigenvalue weighted by Gasteiger charge is 2.14. The fraction of sp³-hybridized carbons (Fsp3) is 0.333. The molecule has 3 N–H and O–H groups in total. The zero-order valence-corrected chi connectivity index (χ0v) is 13.2. The first-order valence-corrected chi connectivity index (χ1v) is 7.35. The summed E-state index contributed by atoms with van der Waals surface area (Å²) in [5.74, 6) is 0. The summed E-state index contributed by atoms with van der Waals surface area (Å²) in [4.78, 5) is 3.98. The van der Waals surface area contributed by atoms with E-state index in [0.717, 1.165) is 22.5 Å². The van der Waals surface area contributed by atoms with E-state index in [1.54, 1.807) is 16.9 Å². The second-order valence-electron chi connectivity index (χ2n) is 5.25. The number of rotatable bonds is 6. The third-order valence-electron chi connectivity index (χ3n) is 3.78. The Bertz CT molecular complexity index is 800. The van der Waals surface area contributed by atoms with Crippen molar-refractivity contribution in [1.29, 1.82) is 0 Å². The Balaban J connectivity index is 1.61. The van der Waals surface area contributed by atoms with Gasteiger partial charge in [0.15, 0.2) is 0 Å². The third-order valence-corrected chi connectivity index (χ3v) is 3.78. The predicted octanol–water partition coefficient (Wildman–Crippen LogP) is 1.35. The molecule has 0 saturated carbocycles. The van der Waals surface area contributed by atoms with Crippen LogP contribution >= 0.6 is 0 Å². The topological polar surface area (TPSA) is 103 Å². The monoisotopic (exact) mass is 313 g/mol. The number of nitrogen functional groups attached to an aromatic ring is 1. The van der Waals surface area contributed by atoms with Crippen LogP contribution in [0.2, 0.25) is 0 Å². The van der Waals surface area contributed by atoms with Crippen molar-refractivity contribution in [2.75, 3.05) is 24.2 Å². The number of aromatic nitrogens is 5. The molecule has 8 nitrogen and oxygen atoms in total. The molecule has 0 radical (unpaired) electrons. The van der Waals surface area contributed by atoms with Gasteiger partial charge in [-0.1, -0.05) is 0 Å². The number of anilines is 2. The van der Waals surface area contributed by atoms with Crippen molar-refractivity contribution in [1.82, 2.24) is 25.0 Å². The lowest BCUT2D eigenvalue weighted by atomic mass is 10.1. The number of hydrogen-bond donors (Lipinski definition) is 2. The van der Waals surface area contributed by atoms with Crippen LogP contribution in [0.4, 0.5) is 11.4 Å². The smallest absolute Gasteiger partial charge is 0.204 e. The molecule has 0 bridgehead atoms. The molecule has 0 aromatic carbocycles. The van der Waals surface area contributed by atoms with Gasteiger partial charge < -0.3 is 15.8 Å². The van der Waals surface area contributed by atoms with Crippen LogP contribution in [0, 0.1) is 13.8 Å². The van der Waals surface area contributed by atoms with E-state index in [9.17, 15) is 0 Å². The zero-order chi connectivity index (χ0) is 16.2. The SMILES string of the molecule is Cc1c(NCCOCc2ccncc2)c(N)c2nnnn2c1C. The molecular weight excluding hydrogens is 294 g/mol. The number of fused-ring (bicyclic) bond motifs is 1. The fourth-order valence-corrected chi connectivity index (χ4v) is 2.38. The largest absolute Gasteiger partial charge is 0.394 e. The number of hydrogen-bond acceptors (Lipinski definition) is 7. The highest BCUT2D eigenvalue weighted by atomic mass is 16.5. The van der Waals surface area contributed by atoms with Gasteiger partial charge in [0.2, 0.25) is 5.65 Å². The van der Waals surface area contributed by atoms with Crippen LogP contribution in [0.25, 0.3) is 5.65 Å². The average Bonchev–Trinajstić information content (AvgIpc) is 3.06. The van der Waals surface area contributed by atoms with E-state index < -0.39 is 0 Å². The van der Waals surface area contributed by atoms with Gasteiger partial charge in [0.05, 0.1) is 18.9 Å². The van der Waals surface area contributed by atoms with Gasteiger partial charge in [0.1, 0.15) is 5.69 Å². The Morgan fingerprint density at radius 3 is 2.83 bits per heavy atom. The number of tetrazole rings is 1. The van der Waals surface area contributed by atoms with Crippen LogP contribution in [-0.2, 0) is 11.3 Å². The summed E-state index contributed by atoms with van der Waals surface area (Å²) in [5.41, 5.74) is 11.2. The molecule has 23 heavy (non-hydrogen) atoms. The van der Waals surface area contributed by atoms with E-state index >= 15 is 0 Å². The number of nitrogens with two attached hydrogens (primary N) is 1. The maximum absolute atomic E-state index is 6.17. The molecule has 8 heteroatoms.